The highest BCUT2D eigenvalue weighted by molar-refractivity contribution is 5.10. The van der Waals surface area contributed by atoms with Crippen LogP contribution in [0.15, 0.2) is 10.9 Å². The normalized spacial score (nSPS) is 18.7. The second-order valence-corrected chi connectivity index (χ2v) is 6.52. The van der Waals surface area contributed by atoms with Crippen LogP contribution >= 0.6 is 0 Å². The summed E-state index contributed by atoms with van der Waals surface area (Å²) in [4.78, 5) is 19.7. The van der Waals surface area contributed by atoms with E-state index in [1.54, 1.807) is 6.07 Å². The van der Waals surface area contributed by atoms with Crippen LogP contribution in [0.5, 0.6) is 0 Å². The van der Waals surface area contributed by atoms with Crippen LogP contribution in [0.3, 0.4) is 0 Å². The highest BCUT2D eigenvalue weighted by atomic mass is 16.5. The molecule has 21 heavy (non-hydrogen) atoms. The monoisotopic (exact) mass is 292 g/mol. The second kappa shape index (κ2) is 7.21. The number of H-pyrrole nitrogens is 1. The molecule has 0 amide bonds. The standard InChI is InChI=1S/C17H28N2O2/c1-4-21-17(9-7-5-6-8-10-17)16-18-14(11-13(2)3)12-15(20)19-16/h12-13H,4-11H2,1-3H3,(H,18,19,20). The van der Waals surface area contributed by atoms with Crippen molar-refractivity contribution in [2.45, 2.75) is 71.3 Å². The van der Waals surface area contributed by atoms with Crippen LogP contribution in [0.2, 0.25) is 0 Å². The van der Waals surface area contributed by atoms with Crippen molar-refractivity contribution in [3.63, 3.8) is 0 Å². The molecule has 0 unspecified atom stereocenters. The molecular weight excluding hydrogens is 264 g/mol. The van der Waals surface area contributed by atoms with Gasteiger partial charge in [-0.2, -0.15) is 0 Å². The van der Waals surface area contributed by atoms with Gasteiger partial charge in [0.2, 0.25) is 0 Å². The van der Waals surface area contributed by atoms with Crippen molar-refractivity contribution in [1.29, 1.82) is 0 Å². The van der Waals surface area contributed by atoms with Gasteiger partial charge in [-0.1, -0.05) is 39.5 Å². The topological polar surface area (TPSA) is 55.0 Å². The zero-order valence-corrected chi connectivity index (χ0v) is 13.6. The van der Waals surface area contributed by atoms with E-state index in [0.717, 1.165) is 43.6 Å². The summed E-state index contributed by atoms with van der Waals surface area (Å²) >= 11 is 0. The van der Waals surface area contributed by atoms with E-state index in [2.05, 4.69) is 18.8 Å². The molecule has 1 aliphatic carbocycles. The van der Waals surface area contributed by atoms with Gasteiger partial charge in [-0.25, -0.2) is 4.98 Å². The Morgan fingerprint density at radius 3 is 2.52 bits per heavy atom. The van der Waals surface area contributed by atoms with E-state index in [9.17, 15) is 4.79 Å². The molecule has 0 bridgehead atoms. The molecule has 0 radical (unpaired) electrons. The van der Waals surface area contributed by atoms with Gasteiger partial charge < -0.3 is 9.72 Å². The van der Waals surface area contributed by atoms with Crippen molar-refractivity contribution < 1.29 is 4.74 Å². The summed E-state index contributed by atoms with van der Waals surface area (Å²) in [5.74, 6) is 1.23. The summed E-state index contributed by atoms with van der Waals surface area (Å²) in [6, 6.07) is 1.62. The summed E-state index contributed by atoms with van der Waals surface area (Å²) in [5, 5.41) is 0. The summed E-state index contributed by atoms with van der Waals surface area (Å²) in [6.07, 6.45) is 7.49. The molecule has 0 saturated heterocycles. The molecule has 1 saturated carbocycles. The number of nitrogens with one attached hydrogen (secondary N) is 1. The molecular formula is C17H28N2O2. The van der Waals surface area contributed by atoms with Crippen LogP contribution in [-0.2, 0) is 16.8 Å². The van der Waals surface area contributed by atoms with Gasteiger partial charge in [-0.15, -0.1) is 0 Å². The van der Waals surface area contributed by atoms with Gasteiger partial charge in [-0.05, 0) is 32.1 Å². The van der Waals surface area contributed by atoms with Gasteiger partial charge in [0.25, 0.3) is 5.56 Å². The fourth-order valence-electron chi connectivity index (χ4n) is 3.27. The van der Waals surface area contributed by atoms with E-state index in [-0.39, 0.29) is 5.56 Å². The molecule has 2 rings (SSSR count). The molecule has 1 aromatic heterocycles. The first-order valence-electron chi connectivity index (χ1n) is 8.30. The molecule has 118 valence electrons. The molecule has 1 fully saturated rings. The van der Waals surface area contributed by atoms with Gasteiger partial charge in [0.15, 0.2) is 0 Å². The van der Waals surface area contributed by atoms with E-state index in [1.165, 1.54) is 12.8 Å². The van der Waals surface area contributed by atoms with E-state index >= 15 is 0 Å². The van der Waals surface area contributed by atoms with Crippen LogP contribution in [0, 0.1) is 5.92 Å². The van der Waals surface area contributed by atoms with Crippen molar-refractivity contribution in [2.75, 3.05) is 6.61 Å². The SMILES string of the molecule is CCOC1(c2nc(CC(C)C)cc(=O)[nH]2)CCCCCC1. The molecule has 4 heteroatoms. The first-order valence-corrected chi connectivity index (χ1v) is 8.30. The Morgan fingerprint density at radius 1 is 1.29 bits per heavy atom. The van der Waals surface area contributed by atoms with E-state index in [4.69, 9.17) is 9.72 Å². The molecule has 1 heterocycles. The number of ether oxygens (including phenoxy) is 1. The molecule has 0 atom stereocenters. The number of aromatic nitrogens is 2. The fourth-order valence-corrected chi connectivity index (χ4v) is 3.27. The highest BCUT2D eigenvalue weighted by Crippen LogP contribution is 2.37. The first-order chi connectivity index (χ1) is 10.1. The van der Waals surface area contributed by atoms with Crippen LogP contribution in [0.4, 0.5) is 0 Å². The van der Waals surface area contributed by atoms with Crippen LogP contribution in [-0.4, -0.2) is 16.6 Å². The Labute approximate surface area is 127 Å². The van der Waals surface area contributed by atoms with Crippen molar-refractivity contribution in [3.8, 4) is 0 Å². The third-order valence-corrected chi connectivity index (χ3v) is 4.18. The van der Waals surface area contributed by atoms with Gasteiger partial charge in [0.05, 0.1) is 0 Å². The minimum absolute atomic E-state index is 0.0565. The van der Waals surface area contributed by atoms with Crippen LogP contribution in [0.25, 0.3) is 0 Å². The third kappa shape index (κ3) is 4.16. The molecule has 1 aromatic rings. The van der Waals surface area contributed by atoms with Gasteiger partial charge >= 0.3 is 0 Å². The zero-order valence-electron chi connectivity index (χ0n) is 13.6. The molecule has 4 nitrogen and oxygen atoms in total. The lowest BCUT2D eigenvalue weighted by atomic mass is 9.92. The zero-order chi connectivity index (χ0) is 15.3. The Balaban J connectivity index is 2.39. The maximum absolute atomic E-state index is 12.0. The predicted molar refractivity (Wildman–Crippen MR) is 84.4 cm³/mol. The first kappa shape index (κ1) is 16.2. The lowest BCUT2D eigenvalue weighted by Gasteiger charge is -2.31. The number of aromatic amines is 1. The van der Waals surface area contributed by atoms with Crippen molar-refractivity contribution in [2.24, 2.45) is 5.92 Å². The Bertz CT molecular complexity index is 500. The number of nitrogens with zero attached hydrogens (tertiary/aromatic N) is 1. The summed E-state index contributed by atoms with van der Waals surface area (Å²) < 4.78 is 6.12. The van der Waals surface area contributed by atoms with Gasteiger partial charge in [0, 0.05) is 18.4 Å². The Kier molecular flexibility index (Phi) is 5.57. The van der Waals surface area contributed by atoms with Crippen molar-refractivity contribution in [3.05, 3.63) is 27.9 Å². The minimum Gasteiger partial charge on any atom is -0.367 e. The average molecular weight is 292 g/mol. The summed E-state index contributed by atoms with van der Waals surface area (Å²) in [6.45, 7) is 6.96. The second-order valence-electron chi connectivity index (χ2n) is 6.52. The van der Waals surface area contributed by atoms with Crippen molar-refractivity contribution in [1.82, 2.24) is 9.97 Å². The van der Waals surface area contributed by atoms with E-state index in [0.29, 0.717) is 12.5 Å². The smallest absolute Gasteiger partial charge is 0.251 e. The van der Waals surface area contributed by atoms with Crippen LogP contribution < -0.4 is 5.56 Å². The summed E-state index contributed by atoms with van der Waals surface area (Å²) in [5.41, 5.74) is 0.434. The van der Waals surface area contributed by atoms with E-state index < -0.39 is 5.60 Å². The van der Waals surface area contributed by atoms with Crippen LogP contribution in [0.1, 0.15) is 70.8 Å². The van der Waals surface area contributed by atoms with Gasteiger partial charge in [0.1, 0.15) is 11.4 Å². The molecule has 0 aliphatic heterocycles. The Hall–Kier alpha value is -1.16. The number of hydrogen-bond donors (Lipinski definition) is 1. The number of rotatable bonds is 5. The molecule has 0 spiro atoms. The van der Waals surface area contributed by atoms with E-state index in [1.807, 2.05) is 6.92 Å². The third-order valence-electron chi connectivity index (χ3n) is 4.18. The predicted octanol–water partition coefficient (Wildman–Crippen LogP) is 3.55. The lowest BCUT2D eigenvalue weighted by Crippen LogP contribution is -2.34. The number of hydrogen-bond acceptors (Lipinski definition) is 3. The maximum Gasteiger partial charge on any atom is 0.251 e. The largest absolute Gasteiger partial charge is 0.367 e. The maximum atomic E-state index is 12.0. The molecule has 1 aliphatic rings. The Morgan fingerprint density at radius 2 is 1.95 bits per heavy atom. The lowest BCUT2D eigenvalue weighted by molar-refractivity contribution is -0.0627. The highest BCUT2D eigenvalue weighted by Gasteiger charge is 2.36. The minimum atomic E-state index is -0.391. The fraction of sp³-hybridized carbons (Fsp3) is 0.765. The molecule has 1 N–H and O–H groups in total. The quantitative estimate of drug-likeness (QED) is 0.844. The molecule has 0 aromatic carbocycles. The average Bonchev–Trinajstić information content (AvgIpc) is 2.64. The summed E-state index contributed by atoms with van der Waals surface area (Å²) in [7, 11) is 0. The van der Waals surface area contributed by atoms with Crippen molar-refractivity contribution >= 4 is 0 Å². The van der Waals surface area contributed by atoms with Gasteiger partial charge in [-0.3, -0.25) is 4.79 Å².